The second-order valence-electron chi connectivity index (χ2n) is 5.25. The zero-order chi connectivity index (χ0) is 17.5. The average Bonchev–Trinajstić information content (AvgIpc) is 2.64. The van der Waals surface area contributed by atoms with Crippen LogP contribution in [-0.4, -0.2) is 24.8 Å². The Bertz CT molecular complexity index is 908. The fraction of sp³-hybridized carbons (Fsp3) is 0.158. The topological polar surface area (TPSA) is 68.5 Å². The van der Waals surface area contributed by atoms with Crippen molar-refractivity contribution in [3.8, 4) is 5.75 Å². The molecule has 0 spiro atoms. The highest BCUT2D eigenvalue weighted by atomic mass is 32.2. The number of fused-ring (bicyclic) bond motifs is 1. The molecule has 25 heavy (non-hydrogen) atoms. The van der Waals surface area contributed by atoms with E-state index in [1.54, 1.807) is 36.0 Å². The maximum atomic E-state index is 11.8. The quantitative estimate of drug-likeness (QED) is 0.401. The first-order chi connectivity index (χ1) is 12.2. The molecule has 1 amide bonds. The van der Waals surface area contributed by atoms with Crippen molar-refractivity contribution in [3.63, 3.8) is 0 Å². The van der Waals surface area contributed by atoms with E-state index in [1.165, 1.54) is 11.0 Å². The van der Waals surface area contributed by atoms with E-state index in [1.807, 2.05) is 30.3 Å². The number of carbonyl (C=O) groups excluding carboxylic acids is 1. The van der Waals surface area contributed by atoms with E-state index in [0.29, 0.717) is 17.9 Å². The standard InChI is InChI=1S/C19H17NO4S/c21-18(20-10-11-25-16-4-2-1-3-5-16)13-23-15-8-6-14-7-9-19(22)24-17(14)12-15/h1-9,12H,10-11,13H2,(H,20,21). The monoisotopic (exact) mass is 355 g/mol. The fourth-order valence-electron chi connectivity index (χ4n) is 2.21. The van der Waals surface area contributed by atoms with Crippen LogP contribution in [0.1, 0.15) is 0 Å². The van der Waals surface area contributed by atoms with E-state index < -0.39 is 5.63 Å². The van der Waals surface area contributed by atoms with Crippen LogP contribution in [0, 0.1) is 0 Å². The number of nitrogens with one attached hydrogen (secondary N) is 1. The molecule has 3 rings (SSSR count). The zero-order valence-electron chi connectivity index (χ0n) is 13.4. The molecular weight excluding hydrogens is 338 g/mol. The SMILES string of the molecule is O=C(COc1ccc2ccc(=O)oc2c1)NCCSc1ccccc1. The van der Waals surface area contributed by atoms with Crippen LogP contribution in [0.15, 0.2) is 74.8 Å². The molecule has 0 unspecified atom stereocenters. The molecule has 1 aromatic heterocycles. The van der Waals surface area contributed by atoms with Crippen LogP contribution in [0.2, 0.25) is 0 Å². The van der Waals surface area contributed by atoms with Crippen molar-refractivity contribution in [2.75, 3.05) is 18.9 Å². The normalized spacial score (nSPS) is 10.6. The first-order valence-electron chi connectivity index (χ1n) is 7.82. The van der Waals surface area contributed by atoms with E-state index in [-0.39, 0.29) is 12.5 Å². The van der Waals surface area contributed by atoms with Gasteiger partial charge in [-0.15, -0.1) is 11.8 Å². The fourth-order valence-corrected chi connectivity index (χ4v) is 3.00. The number of hydrogen-bond donors (Lipinski definition) is 1. The molecule has 1 N–H and O–H groups in total. The summed E-state index contributed by atoms with van der Waals surface area (Å²) < 4.78 is 10.5. The second-order valence-corrected chi connectivity index (χ2v) is 6.42. The molecule has 2 aromatic carbocycles. The summed E-state index contributed by atoms with van der Waals surface area (Å²) >= 11 is 1.68. The van der Waals surface area contributed by atoms with Gasteiger partial charge in [0.05, 0.1) is 0 Å². The summed E-state index contributed by atoms with van der Waals surface area (Å²) in [7, 11) is 0. The third-order valence-corrected chi connectivity index (χ3v) is 4.41. The Morgan fingerprint density at radius 3 is 2.72 bits per heavy atom. The molecule has 0 fully saturated rings. The van der Waals surface area contributed by atoms with Gasteiger partial charge in [-0.3, -0.25) is 4.79 Å². The van der Waals surface area contributed by atoms with Crippen LogP contribution in [0.25, 0.3) is 11.0 Å². The van der Waals surface area contributed by atoms with E-state index in [4.69, 9.17) is 9.15 Å². The predicted molar refractivity (Wildman–Crippen MR) is 98.2 cm³/mol. The van der Waals surface area contributed by atoms with Crippen molar-refractivity contribution in [2.45, 2.75) is 4.90 Å². The van der Waals surface area contributed by atoms with Crippen LogP contribution >= 0.6 is 11.8 Å². The van der Waals surface area contributed by atoms with Crippen molar-refractivity contribution in [2.24, 2.45) is 0 Å². The number of benzene rings is 2. The summed E-state index contributed by atoms with van der Waals surface area (Å²) in [5.74, 6) is 1.08. The minimum atomic E-state index is -0.418. The Kier molecular flexibility index (Phi) is 5.74. The smallest absolute Gasteiger partial charge is 0.336 e. The first-order valence-corrected chi connectivity index (χ1v) is 8.80. The van der Waals surface area contributed by atoms with Gasteiger partial charge in [0.15, 0.2) is 6.61 Å². The third kappa shape index (κ3) is 5.12. The molecule has 1 heterocycles. The highest BCUT2D eigenvalue weighted by molar-refractivity contribution is 7.99. The maximum absolute atomic E-state index is 11.8. The Morgan fingerprint density at radius 1 is 1.08 bits per heavy atom. The summed E-state index contributed by atoms with van der Waals surface area (Å²) in [4.78, 5) is 24.2. The number of amides is 1. The van der Waals surface area contributed by atoms with Gasteiger partial charge in [0.2, 0.25) is 0 Å². The summed E-state index contributed by atoms with van der Waals surface area (Å²) in [6.45, 7) is 0.479. The molecule has 0 atom stereocenters. The van der Waals surface area contributed by atoms with Crippen molar-refractivity contribution in [1.29, 1.82) is 0 Å². The van der Waals surface area contributed by atoms with Crippen LogP contribution in [0.4, 0.5) is 0 Å². The van der Waals surface area contributed by atoms with E-state index in [9.17, 15) is 9.59 Å². The molecule has 0 aliphatic heterocycles. The molecule has 0 saturated carbocycles. The Hall–Kier alpha value is -2.73. The number of carbonyl (C=O) groups is 1. The summed E-state index contributed by atoms with van der Waals surface area (Å²) in [6, 6.07) is 18.2. The molecule has 0 bridgehead atoms. The summed E-state index contributed by atoms with van der Waals surface area (Å²) in [5.41, 5.74) is 0.0166. The highest BCUT2D eigenvalue weighted by Crippen LogP contribution is 2.19. The summed E-state index contributed by atoms with van der Waals surface area (Å²) in [6.07, 6.45) is 0. The lowest BCUT2D eigenvalue weighted by molar-refractivity contribution is -0.122. The van der Waals surface area contributed by atoms with Crippen LogP contribution in [0.5, 0.6) is 5.75 Å². The average molecular weight is 355 g/mol. The van der Waals surface area contributed by atoms with Gasteiger partial charge in [-0.2, -0.15) is 0 Å². The molecule has 0 saturated heterocycles. The van der Waals surface area contributed by atoms with Gasteiger partial charge in [0.25, 0.3) is 5.91 Å². The lowest BCUT2D eigenvalue weighted by Gasteiger charge is -2.08. The lowest BCUT2D eigenvalue weighted by atomic mass is 10.2. The van der Waals surface area contributed by atoms with Crippen LogP contribution in [0.3, 0.4) is 0 Å². The molecule has 0 aliphatic carbocycles. The number of hydrogen-bond acceptors (Lipinski definition) is 5. The van der Waals surface area contributed by atoms with Crippen molar-refractivity contribution in [1.82, 2.24) is 5.32 Å². The third-order valence-electron chi connectivity index (χ3n) is 3.40. The van der Waals surface area contributed by atoms with E-state index in [0.717, 1.165) is 11.1 Å². The molecule has 6 heteroatoms. The Balaban J connectivity index is 1.43. The van der Waals surface area contributed by atoms with E-state index in [2.05, 4.69) is 5.32 Å². The second kappa shape index (κ2) is 8.39. The zero-order valence-corrected chi connectivity index (χ0v) is 14.3. The molecular formula is C19H17NO4S. The van der Waals surface area contributed by atoms with Gasteiger partial charge >= 0.3 is 5.63 Å². The first kappa shape index (κ1) is 17.1. The maximum Gasteiger partial charge on any atom is 0.336 e. The van der Waals surface area contributed by atoms with Gasteiger partial charge in [0, 0.05) is 34.7 Å². The predicted octanol–water partition coefficient (Wildman–Crippen LogP) is 3.08. The van der Waals surface area contributed by atoms with Crippen molar-refractivity contribution in [3.05, 3.63) is 71.1 Å². The highest BCUT2D eigenvalue weighted by Gasteiger charge is 2.04. The molecule has 128 valence electrons. The lowest BCUT2D eigenvalue weighted by Crippen LogP contribution is -2.30. The van der Waals surface area contributed by atoms with Crippen molar-refractivity contribution >= 4 is 28.6 Å². The molecule has 0 aliphatic rings. The van der Waals surface area contributed by atoms with Crippen LogP contribution in [-0.2, 0) is 4.79 Å². The Morgan fingerprint density at radius 2 is 1.88 bits per heavy atom. The van der Waals surface area contributed by atoms with E-state index >= 15 is 0 Å². The largest absolute Gasteiger partial charge is 0.484 e. The number of rotatable bonds is 7. The van der Waals surface area contributed by atoms with Gasteiger partial charge < -0.3 is 14.5 Å². The molecule has 3 aromatic rings. The summed E-state index contributed by atoms with van der Waals surface area (Å²) in [5, 5.41) is 3.61. The van der Waals surface area contributed by atoms with Gasteiger partial charge in [-0.1, -0.05) is 18.2 Å². The number of ether oxygens (including phenoxy) is 1. The van der Waals surface area contributed by atoms with Crippen molar-refractivity contribution < 1.29 is 13.9 Å². The van der Waals surface area contributed by atoms with Gasteiger partial charge in [-0.05, 0) is 30.3 Å². The van der Waals surface area contributed by atoms with Crippen LogP contribution < -0.4 is 15.7 Å². The molecule has 5 nitrogen and oxygen atoms in total. The minimum Gasteiger partial charge on any atom is -0.484 e. The van der Waals surface area contributed by atoms with Gasteiger partial charge in [-0.25, -0.2) is 4.79 Å². The minimum absolute atomic E-state index is 0.0847. The molecule has 0 radical (unpaired) electrons. The number of thioether (sulfide) groups is 1. The Labute approximate surface area is 149 Å². The van der Waals surface area contributed by atoms with Gasteiger partial charge in [0.1, 0.15) is 11.3 Å².